The lowest BCUT2D eigenvalue weighted by Gasteiger charge is -2.67. The van der Waals surface area contributed by atoms with E-state index < -0.39 is 90.6 Å². The number of phosphoric acid groups is 1. The van der Waals surface area contributed by atoms with Crippen LogP contribution < -0.4 is 0 Å². The van der Waals surface area contributed by atoms with Crippen LogP contribution in [0, 0.1) is 28.6 Å². The number of aliphatic hydroxyl groups excluding tert-OH is 1. The van der Waals surface area contributed by atoms with E-state index in [1.54, 1.807) is 52.9 Å². The fourth-order valence-corrected chi connectivity index (χ4v) is 9.85. The van der Waals surface area contributed by atoms with Crippen LogP contribution >= 0.6 is 19.2 Å². The molecule has 5 N–H and O–H groups in total. The van der Waals surface area contributed by atoms with Gasteiger partial charge in [0.1, 0.15) is 17.8 Å². The summed E-state index contributed by atoms with van der Waals surface area (Å²) in [7, 11) is -4.90. The molecule has 252 valence electrons. The maximum Gasteiger partial charge on any atom is 0.471 e. The number of Topliss-reactive ketones (excluding diaryl/α,β-unsaturated/α-hetero) is 1. The molecule has 12 nitrogen and oxygen atoms in total. The molecule has 4 aliphatic rings. The van der Waals surface area contributed by atoms with Crippen LogP contribution in [0.3, 0.4) is 0 Å². The highest BCUT2D eigenvalue weighted by atomic mass is 32.1. The molecule has 2 heterocycles. The Morgan fingerprint density at radius 2 is 1.89 bits per heavy atom. The van der Waals surface area contributed by atoms with Gasteiger partial charge in [-0.25, -0.2) is 4.57 Å². The van der Waals surface area contributed by atoms with Crippen molar-refractivity contribution in [3.8, 4) is 0 Å². The van der Waals surface area contributed by atoms with Gasteiger partial charge in [0.05, 0.1) is 35.7 Å². The first-order valence-electron chi connectivity index (χ1n) is 15.3. The predicted octanol–water partition coefficient (Wildman–Crippen LogP) is 3.06. The van der Waals surface area contributed by atoms with Crippen LogP contribution in [0.2, 0.25) is 0 Å². The second kappa shape index (κ2) is 11.6. The first-order chi connectivity index (χ1) is 20.7. The SMILES string of the molecule is CC1=C2C(O)C(=O)[C@]3(C)C(OCOP(=O)(O)O)CC4OCC4(O)C3C(C)C(O)(CC1OC(=O)[C@H](C)[C@@H](C)c1cccs1)C2(C)C. The molecule has 5 rings (SSSR count). The number of phosphoric ester groups is 1. The van der Waals surface area contributed by atoms with Gasteiger partial charge in [-0.15, -0.1) is 11.3 Å². The van der Waals surface area contributed by atoms with Gasteiger partial charge >= 0.3 is 13.8 Å². The molecule has 0 spiro atoms. The van der Waals surface area contributed by atoms with E-state index in [0.717, 1.165) is 4.88 Å². The van der Waals surface area contributed by atoms with Crippen molar-refractivity contribution in [2.45, 2.75) is 103 Å². The summed E-state index contributed by atoms with van der Waals surface area (Å²) >= 11 is 1.55. The highest BCUT2D eigenvalue weighted by Gasteiger charge is 2.74. The molecule has 0 radical (unpaired) electrons. The summed E-state index contributed by atoms with van der Waals surface area (Å²) < 4.78 is 33.4. The van der Waals surface area contributed by atoms with Crippen molar-refractivity contribution in [2.75, 3.05) is 13.4 Å². The van der Waals surface area contributed by atoms with Gasteiger partial charge in [0.2, 0.25) is 0 Å². The second-order valence-electron chi connectivity index (χ2n) is 14.1. The highest BCUT2D eigenvalue weighted by Crippen LogP contribution is 2.65. The number of ketones is 1. The van der Waals surface area contributed by atoms with E-state index in [-0.39, 0.29) is 30.9 Å². The van der Waals surface area contributed by atoms with Crippen LogP contribution in [0.4, 0.5) is 0 Å². The Bertz CT molecular complexity index is 1400. The summed E-state index contributed by atoms with van der Waals surface area (Å²) in [6.07, 6.45) is -4.69. The largest absolute Gasteiger partial charge is 0.471 e. The molecule has 0 aromatic carbocycles. The molecule has 1 aromatic rings. The lowest BCUT2D eigenvalue weighted by atomic mass is 9.43. The fourth-order valence-electron chi connectivity index (χ4n) is 8.76. The molecule has 1 saturated heterocycles. The Kier molecular flexibility index (Phi) is 8.96. The summed E-state index contributed by atoms with van der Waals surface area (Å²) in [6, 6.07) is 3.87. The van der Waals surface area contributed by atoms with Crippen molar-refractivity contribution in [3.05, 3.63) is 33.5 Å². The molecule has 14 heteroatoms. The summed E-state index contributed by atoms with van der Waals surface area (Å²) in [5, 5.41) is 38.7. The Labute approximate surface area is 267 Å². The van der Waals surface area contributed by atoms with E-state index in [4.69, 9.17) is 14.2 Å². The zero-order valence-electron chi connectivity index (χ0n) is 26.6. The summed E-state index contributed by atoms with van der Waals surface area (Å²) in [5.74, 6) is -3.66. The predicted molar refractivity (Wildman–Crippen MR) is 162 cm³/mol. The van der Waals surface area contributed by atoms with Crippen molar-refractivity contribution < 1.29 is 58.0 Å². The number of aliphatic hydroxyl groups is 3. The number of hydrogen-bond donors (Lipinski definition) is 5. The molecule has 2 saturated carbocycles. The van der Waals surface area contributed by atoms with Crippen molar-refractivity contribution in [2.24, 2.45) is 28.6 Å². The number of hydrogen-bond acceptors (Lipinski definition) is 11. The lowest BCUT2D eigenvalue weighted by Crippen LogP contribution is -2.79. The maximum absolute atomic E-state index is 14.6. The third-order valence-electron chi connectivity index (χ3n) is 11.7. The summed E-state index contributed by atoms with van der Waals surface area (Å²) in [4.78, 5) is 47.5. The molecule has 1 aliphatic heterocycles. The Hall–Kier alpha value is -1.51. The molecule has 0 amide bonds. The number of carbonyl (C=O) groups excluding carboxylic acids is 2. The average Bonchev–Trinajstić information content (AvgIpc) is 3.49. The van der Waals surface area contributed by atoms with Crippen LogP contribution in [0.25, 0.3) is 0 Å². The van der Waals surface area contributed by atoms with Gasteiger partial charge in [-0.2, -0.15) is 0 Å². The number of thiophene rings is 1. The van der Waals surface area contributed by atoms with Gasteiger partial charge in [-0.3, -0.25) is 14.1 Å². The van der Waals surface area contributed by atoms with Crippen LogP contribution in [0.15, 0.2) is 28.7 Å². The molecule has 3 fully saturated rings. The van der Waals surface area contributed by atoms with Crippen LogP contribution in [-0.4, -0.2) is 85.9 Å². The zero-order chi connectivity index (χ0) is 33.5. The lowest BCUT2D eigenvalue weighted by molar-refractivity contribution is -0.341. The number of esters is 1. The fraction of sp³-hybridized carbons (Fsp3) is 0.742. The van der Waals surface area contributed by atoms with E-state index in [0.29, 0.717) is 5.57 Å². The Morgan fingerprint density at radius 1 is 1.22 bits per heavy atom. The van der Waals surface area contributed by atoms with Crippen molar-refractivity contribution in [3.63, 3.8) is 0 Å². The number of ether oxygens (including phenoxy) is 3. The average molecular weight is 673 g/mol. The topological polar surface area (TPSA) is 189 Å². The van der Waals surface area contributed by atoms with E-state index >= 15 is 0 Å². The van der Waals surface area contributed by atoms with E-state index in [9.17, 15) is 39.3 Å². The van der Waals surface area contributed by atoms with Crippen LogP contribution in [-0.2, 0) is 32.9 Å². The number of carbonyl (C=O) groups is 2. The van der Waals surface area contributed by atoms with Gasteiger partial charge in [0, 0.05) is 35.0 Å². The molecule has 2 bridgehead atoms. The van der Waals surface area contributed by atoms with Crippen molar-refractivity contribution >= 4 is 30.9 Å². The standard InChI is InChI=1S/C31H45O12PS/c1-15(20-9-8-10-45-20)16(2)27(34)43-19-12-31(36)18(4)25-29(7,26(33)24(32)23(17(19)3)28(31,5)6)21(41-14-42-44(37,38)39)11-22-30(25,35)13-40-22/h8-10,15-16,18-19,21-22,24-25,32,35-36H,11-14H2,1-7H3,(H2,37,38,39)/t15-,16-,18?,19?,21?,22?,24?,25?,29-,30?,31?/m1/s1. The van der Waals surface area contributed by atoms with E-state index in [1.165, 1.54) is 0 Å². The smallest absolute Gasteiger partial charge is 0.457 e. The zero-order valence-corrected chi connectivity index (χ0v) is 28.3. The molecule has 45 heavy (non-hydrogen) atoms. The molecule has 8 unspecified atom stereocenters. The molecular weight excluding hydrogens is 627 g/mol. The van der Waals surface area contributed by atoms with Crippen LogP contribution in [0.5, 0.6) is 0 Å². The van der Waals surface area contributed by atoms with Gasteiger partial charge in [0.25, 0.3) is 0 Å². The van der Waals surface area contributed by atoms with Crippen molar-refractivity contribution in [1.29, 1.82) is 0 Å². The second-order valence-corrected chi connectivity index (χ2v) is 16.3. The summed E-state index contributed by atoms with van der Waals surface area (Å²) in [5.41, 5.74) is -5.43. The van der Waals surface area contributed by atoms with Crippen molar-refractivity contribution in [1.82, 2.24) is 0 Å². The Morgan fingerprint density at radius 3 is 2.44 bits per heavy atom. The third kappa shape index (κ3) is 5.31. The third-order valence-corrected chi connectivity index (χ3v) is 13.2. The van der Waals surface area contributed by atoms with Gasteiger partial charge in [-0.05, 0) is 42.4 Å². The minimum absolute atomic E-state index is 0.0143. The van der Waals surface area contributed by atoms with Gasteiger partial charge in [0.15, 0.2) is 12.6 Å². The maximum atomic E-state index is 14.6. The highest BCUT2D eigenvalue weighted by molar-refractivity contribution is 7.46. The monoisotopic (exact) mass is 672 g/mol. The van der Waals surface area contributed by atoms with E-state index in [2.05, 4.69) is 4.52 Å². The minimum atomic E-state index is -4.90. The Balaban J connectivity index is 1.57. The molecule has 11 atom stereocenters. The molecule has 3 aliphatic carbocycles. The first kappa shape index (κ1) is 34.8. The number of rotatable bonds is 8. The quantitative estimate of drug-likeness (QED) is 0.118. The van der Waals surface area contributed by atoms with Gasteiger partial charge in [-0.1, -0.05) is 40.7 Å². The van der Waals surface area contributed by atoms with Gasteiger partial charge < -0.3 is 39.3 Å². The normalized spacial score (nSPS) is 40.8. The van der Waals surface area contributed by atoms with Crippen LogP contribution in [0.1, 0.15) is 72.1 Å². The summed E-state index contributed by atoms with van der Waals surface area (Å²) in [6.45, 7) is 11.2. The van der Waals surface area contributed by atoms with E-state index in [1.807, 2.05) is 24.4 Å². The minimum Gasteiger partial charge on any atom is -0.457 e. The molecule has 1 aromatic heterocycles. The molecular formula is C31H45O12PS. The number of fused-ring (bicyclic) bond motifs is 5. The first-order valence-corrected chi connectivity index (χ1v) is 17.7.